The van der Waals surface area contributed by atoms with Crippen LogP contribution >= 0.6 is 0 Å². The van der Waals surface area contributed by atoms with E-state index in [0.717, 1.165) is 31.8 Å². The van der Waals surface area contributed by atoms with E-state index in [1.807, 2.05) is 19.0 Å². The van der Waals surface area contributed by atoms with Crippen LogP contribution in [0.4, 0.5) is 4.79 Å². The molecule has 1 fully saturated rings. The highest BCUT2D eigenvalue weighted by atomic mass is 16.5. The van der Waals surface area contributed by atoms with E-state index in [2.05, 4.69) is 20.2 Å². The van der Waals surface area contributed by atoms with Crippen LogP contribution in [0.2, 0.25) is 0 Å². The zero-order valence-corrected chi connectivity index (χ0v) is 12.8. The van der Waals surface area contributed by atoms with Crippen molar-refractivity contribution in [2.45, 2.75) is 25.5 Å². The van der Waals surface area contributed by atoms with Gasteiger partial charge in [-0.3, -0.25) is 0 Å². The van der Waals surface area contributed by atoms with E-state index < -0.39 is 0 Å². The molecule has 7 heteroatoms. The lowest BCUT2D eigenvalue weighted by Gasteiger charge is -2.26. The Kier molecular flexibility index (Phi) is 6.01. The molecule has 1 aliphatic heterocycles. The summed E-state index contributed by atoms with van der Waals surface area (Å²) in [6, 6.07) is -0.0660. The summed E-state index contributed by atoms with van der Waals surface area (Å²) in [4.78, 5) is 23.3. The molecule has 1 aromatic heterocycles. The molecule has 1 saturated heterocycles. The van der Waals surface area contributed by atoms with Crippen molar-refractivity contribution in [2.75, 3.05) is 40.3 Å². The number of hydrogen-bond donors (Lipinski definition) is 2. The number of ether oxygens (including phenoxy) is 1. The molecular formula is C14H25N5O2. The maximum atomic E-state index is 12.3. The number of carbonyl (C=O) groups excluding carboxylic acids is 1. The molecule has 2 amide bonds. The number of H-pyrrole nitrogens is 1. The number of nitrogens with zero attached hydrogens (tertiary/aromatic N) is 3. The zero-order chi connectivity index (χ0) is 15.1. The third kappa shape index (κ3) is 5.35. The molecule has 0 aliphatic carbocycles. The minimum atomic E-state index is -0.0660. The summed E-state index contributed by atoms with van der Waals surface area (Å²) in [5.41, 5.74) is 0. The number of likely N-dealkylation sites (N-methyl/N-ethyl adjacent to an activating group) is 1. The lowest BCUT2D eigenvalue weighted by molar-refractivity contribution is 0.0795. The van der Waals surface area contributed by atoms with Gasteiger partial charge in [0.15, 0.2) is 0 Å². The van der Waals surface area contributed by atoms with Gasteiger partial charge < -0.3 is 24.8 Å². The maximum absolute atomic E-state index is 12.3. The van der Waals surface area contributed by atoms with Gasteiger partial charge in [-0.05, 0) is 26.9 Å². The molecule has 2 N–H and O–H groups in total. The van der Waals surface area contributed by atoms with Gasteiger partial charge in [-0.2, -0.15) is 0 Å². The summed E-state index contributed by atoms with van der Waals surface area (Å²) in [7, 11) is 4.01. The van der Waals surface area contributed by atoms with E-state index in [0.29, 0.717) is 19.6 Å². The fourth-order valence-corrected chi connectivity index (χ4v) is 2.30. The Bertz CT molecular complexity index is 415. The summed E-state index contributed by atoms with van der Waals surface area (Å²) in [5.74, 6) is 0.757. The highest BCUT2D eigenvalue weighted by Crippen LogP contribution is 2.13. The normalized spacial score (nSPS) is 18.1. The Balaban J connectivity index is 1.84. The molecule has 2 rings (SSSR count). The number of rotatable bonds is 7. The second-order valence-electron chi connectivity index (χ2n) is 5.58. The standard InChI is InChI=1S/C14H25N5O2/c1-18(2)7-8-19(11-12-4-3-9-21-12)14(20)17-10-13-15-5-6-16-13/h5-6,12H,3-4,7-11H2,1-2H3,(H,15,16)(H,17,20)/t12-/m0/s1. The van der Waals surface area contributed by atoms with Crippen LogP contribution in [0.1, 0.15) is 18.7 Å². The third-order valence-electron chi connectivity index (χ3n) is 3.51. The smallest absolute Gasteiger partial charge is 0.317 e. The molecule has 7 nitrogen and oxygen atoms in total. The van der Waals surface area contributed by atoms with Crippen molar-refractivity contribution in [1.82, 2.24) is 25.1 Å². The minimum absolute atomic E-state index is 0.0660. The predicted molar refractivity (Wildman–Crippen MR) is 79.9 cm³/mol. The summed E-state index contributed by atoms with van der Waals surface area (Å²) in [6.45, 7) is 3.39. The summed E-state index contributed by atoms with van der Waals surface area (Å²) >= 11 is 0. The van der Waals surface area contributed by atoms with E-state index in [1.54, 1.807) is 12.4 Å². The second-order valence-corrected chi connectivity index (χ2v) is 5.58. The monoisotopic (exact) mass is 295 g/mol. The molecule has 0 bridgehead atoms. The quantitative estimate of drug-likeness (QED) is 0.775. The molecule has 1 aromatic rings. The number of urea groups is 1. The Morgan fingerprint density at radius 3 is 3.00 bits per heavy atom. The van der Waals surface area contributed by atoms with Crippen molar-refractivity contribution < 1.29 is 9.53 Å². The van der Waals surface area contributed by atoms with Crippen LogP contribution in [0.25, 0.3) is 0 Å². The first kappa shape index (κ1) is 15.8. The Labute approximate surface area is 125 Å². The molecule has 0 aromatic carbocycles. The van der Waals surface area contributed by atoms with E-state index in [9.17, 15) is 4.79 Å². The second kappa shape index (κ2) is 7.99. The number of hydrogen-bond acceptors (Lipinski definition) is 4. The van der Waals surface area contributed by atoms with Crippen LogP contribution in [0.3, 0.4) is 0 Å². The number of carbonyl (C=O) groups is 1. The number of aromatic nitrogens is 2. The first-order valence-electron chi connectivity index (χ1n) is 7.42. The van der Waals surface area contributed by atoms with Crippen molar-refractivity contribution in [3.63, 3.8) is 0 Å². The van der Waals surface area contributed by atoms with E-state index in [1.165, 1.54) is 0 Å². The summed E-state index contributed by atoms with van der Waals surface area (Å²) in [5, 5.41) is 2.90. The molecular weight excluding hydrogens is 270 g/mol. The van der Waals surface area contributed by atoms with Gasteiger partial charge in [0.2, 0.25) is 0 Å². The highest BCUT2D eigenvalue weighted by molar-refractivity contribution is 5.74. The fourth-order valence-electron chi connectivity index (χ4n) is 2.30. The number of aromatic amines is 1. The average molecular weight is 295 g/mol. The van der Waals surface area contributed by atoms with Gasteiger partial charge in [-0.15, -0.1) is 0 Å². The van der Waals surface area contributed by atoms with E-state index in [4.69, 9.17) is 4.74 Å². The average Bonchev–Trinajstić information content (AvgIpc) is 3.13. The van der Waals surface area contributed by atoms with Crippen LogP contribution in [-0.2, 0) is 11.3 Å². The largest absolute Gasteiger partial charge is 0.376 e. The zero-order valence-electron chi connectivity index (χ0n) is 12.8. The Morgan fingerprint density at radius 1 is 1.52 bits per heavy atom. The van der Waals surface area contributed by atoms with E-state index in [-0.39, 0.29) is 12.1 Å². The fraction of sp³-hybridized carbons (Fsp3) is 0.714. The lowest BCUT2D eigenvalue weighted by atomic mass is 10.2. The van der Waals surface area contributed by atoms with Gasteiger partial charge >= 0.3 is 6.03 Å². The third-order valence-corrected chi connectivity index (χ3v) is 3.51. The van der Waals surface area contributed by atoms with Gasteiger partial charge in [0.05, 0.1) is 12.6 Å². The van der Waals surface area contributed by atoms with Crippen LogP contribution in [0, 0.1) is 0 Å². The summed E-state index contributed by atoms with van der Waals surface area (Å²) < 4.78 is 5.64. The minimum Gasteiger partial charge on any atom is -0.376 e. The van der Waals surface area contributed by atoms with Crippen molar-refractivity contribution in [3.05, 3.63) is 18.2 Å². The molecule has 1 atom stereocenters. The molecule has 0 radical (unpaired) electrons. The predicted octanol–water partition coefficient (Wildman–Crippen LogP) is 0.662. The van der Waals surface area contributed by atoms with Gasteiger partial charge in [-0.1, -0.05) is 0 Å². The van der Waals surface area contributed by atoms with Crippen LogP contribution < -0.4 is 5.32 Å². The lowest BCUT2D eigenvalue weighted by Crippen LogP contribution is -2.46. The molecule has 118 valence electrons. The van der Waals surface area contributed by atoms with E-state index >= 15 is 0 Å². The molecule has 0 spiro atoms. The topological polar surface area (TPSA) is 73.5 Å². The maximum Gasteiger partial charge on any atom is 0.317 e. The number of amides is 2. The van der Waals surface area contributed by atoms with Crippen LogP contribution in [-0.4, -0.2) is 72.2 Å². The van der Waals surface area contributed by atoms with Crippen molar-refractivity contribution in [1.29, 1.82) is 0 Å². The molecule has 21 heavy (non-hydrogen) atoms. The van der Waals surface area contributed by atoms with Gasteiger partial charge in [0.1, 0.15) is 5.82 Å². The van der Waals surface area contributed by atoms with Gasteiger partial charge in [0.25, 0.3) is 0 Å². The first-order chi connectivity index (χ1) is 10.1. The number of imidazole rings is 1. The van der Waals surface area contributed by atoms with Gasteiger partial charge in [0, 0.05) is 38.6 Å². The SMILES string of the molecule is CN(C)CCN(C[C@@H]1CCCO1)C(=O)NCc1ncc[nH]1. The van der Waals surface area contributed by atoms with Crippen LogP contribution in [0.15, 0.2) is 12.4 Å². The van der Waals surface area contributed by atoms with Crippen molar-refractivity contribution >= 4 is 6.03 Å². The van der Waals surface area contributed by atoms with Gasteiger partial charge in [-0.25, -0.2) is 9.78 Å². The number of nitrogens with one attached hydrogen (secondary N) is 2. The molecule has 1 aliphatic rings. The molecule has 2 heterocycles. The van der Waals surface area contributed by atoms with Crippen LogP contribution in [0.5, 0.6) is 0 Å². The Morgan fingerprint density at radius 2 is 2.38 bits per heavy atom. The van der Waals surface area contributed by atoms with Crippen molar-refractivity contribution in [2.24, 2.45) is 0 Å². The highest BCUT2D eigenvalue weighted by Gasteiger charge is 2.22. The molecule has 0 unspecified atom stereocenters. The summed E-state index contributed by atoms with van der Waals surface area (Å²) in [6.07, 6.45) is 5.71. The Hall–Kier alpha value is -1.60. The van der Waals surface area contributed by atoms with Crippen molar-refractivity contribution in [3.8, 4) is 0 Å². The molecule has 0 saturated carbocycles. The first-order valence-corrected chi connectivity index (χ1v) is 7.42.